The normalized spacial score (nSPS) is 18.2. The van der Waals surface area contributed by atoms with Crippen molar-refractivity contribution in [1.29, 1.82) is 0 Å². The lowest BCUT2D eigenvalue weighted by Crippen LogP contribution is -2.44. The van der Waals surface area contributed by atoms with Gasteiger partial charge in [0.25, 0.3) is 0 Å². The molecule has 2 aromatic rings. The lowest BCUT2D eigenvalue weighted by Gasteiger charge is -2.33. The number of ether oxygens (including phenoxy) is 1. The molecule has 1 fully saturated rings. The molecule has 10 heteroatoms. The number of carbonyl (C=O) groups is 1. The Morgan fingerprint density at radius 3 is 2.59 bits per heavy atom. The lowest BCUT2D eigenvalue weighted by molar-refractivity contribution is -0.274. The summed E-state index contributed by atoms with van der Waals surface area (Å²) in [5.74, 6) is 0.0308. The van der Waals surface area contributed by atoms with Crippen LogP contribution >= 0.6 is 11.6 Å². The Morgan fingerprint density at radius 1 is 1.24 bits per heavy atom. The lowest BCUT2D eigenvalue weighted by atomic mass is 9.96. The number of alkyl halides is 3. The second-order valence-electron chi connectivity index (χ2n) is 6.85. The fourth-order valence-corrected chi connectivity index (χ4v) is 3.35. The van der Waals surface area contributed by atoms with E-state index in [0.717, 1.165) is 19.4 Å². The third kappa shape index (κ3) is 5.96. The van der Waals surface area contributed by atoms with Crippen LogP contribution in [-0.4, -0.2) is 35.6 Å². The van der Waals surface area contributed by atoms with Crippen molar-refractivity contribution in [1.82, 2.24) is 15.5 Å². The minimum Gasteiger partial charge on any atom is -0.406 e. The van der Waals surface area contributed by atoms with Gasteiger partial charge in [-0.05, 0) is 49.6 Å². The highest BCUT2D eigenvalue weighted by atomic mass is 35.5. The van der Waals surface area contributed by atoms with Crippen molar-refractivity contribution in [3.8, 4) is 5.75 Å². The maximum atomic E-state index is 12.7. The van der Waals surface area contributed by atoms with E-state index in [-0.39, 0.29) is 23.6 Å². The van der Waals surface area contributed by atoms with Gasteiger partial charge in [-0.1, -0.05) is 23.7 Å². The predicted octanol–water partition coefficient (Wildman–Crippen LogP) is 4.12. The Bertz CT molecular complexity index is 831. The van der Waals surface area contributed by atoms with E-state index < -0.39 is 6.36 Å². The van der Waals surface area contributed by atoms with Crippen LogP contribution in [0, 0.1) is 5.92 Å². The number of benzene rings is 1. The largest absolute Gasteiger partial charge is 0.573 e. The maximum absolute atomic E-state index is 12.7. The zero-order valence-corrected chi connectivity index (χ0v) is 16.4. The van der Waals surface area contributed by atoms with E-state index in [1.807, 2.05) is 4.90 Å². The van der Waals surface area contributed by atoms with Gasteiger partial charge in [0.2, 0.25) is 5.91 Å². The average molecular weight is 429 g/mol. The van der Waals surface area contributed by atoms with E-state index >= 15 is 0 Å². The smallest absolute Gasteiger partial charge is 0.406 e. The van der Waals surface area contributed by atoms with Crippen molar-refractivity contribution in [2.75, 3.05) is 18.0 Å². The molecule has 29 heavy (non-hydrogen) atoms. The van der Waals surface area contributed by atoms with Crippen LogP contribution in [0.4, 0.5) is 19.0 Å². The molecule has 0 aliphatic carbocycles. The molecule has 1 amide bonds. The predicted molar refractivity (Wildman–Crippen MR) is 102 cm³/mol. The van der Waals surface area contributed by atoms with Gasteiger partial charge < -0.3 is 15.0 Å². The van der Waals surface area contributed by atoms with Crippen molar-refractivity contribution >= 4 is 23.3 Å². The highest BCUT2D eigenvalue weighted by Crippen LogP contribution is 2.26. The fourth-order valence-electron chi connectivity index (χ4n) is 3.25. The molecule has 1 N–H and O–H groups in total. The highest BCUT2D eigenvalue weighted by molar-refractivity contribution is 6.29. The van der Waals surface area contributed by atoms with Gasteiger partial charge in [0.05, 0.1) is 12.0 Å². The zero-order chi connectivity index (χ0) is 21.0. The summed E-state index contributed by atoms with van der Waals surface area (Å²) in [6, 6.07) is 8.53. The van der Waals surface area contributed by atoms with E-state index in [4.69, 9.17) is 11.6 Å². The minimum absolute atomic E-state index is 0.111. The second kappa shape index (κ2) is 8.86. The molecule has 6 nitrogen and oxygen atoms in total. The Morgan fingerprint density at radius 2 is 1.97 bits per heavy atom. The quantitative estimate of drug-likeness (QED) is 0.775. The number of carbonyl (C=O) groups excluding carboxylic acids is 1. The number of halogens is 4. The molecule has 0 bridgehead atoms. The third-order valence-corrected chi connectivity index (χ3v) is 4.91. The van der Waals surface area contributed by atoms with Crippen LogP contribution in [-0.2, 0) is 4.79 Å². The van der Waals surface area contributed by atoms with E-state index in [9.17, 15) is 18.0 Å². The number of rotatable bonds is 5. The Balaban J connectivity index is 1.58. The van der Waals surface area contributed by atoms with Crippen molar-refractivity contribution in [3.63, 3.8) is 0 Å². The first-order chi connectivity index (χ1) is 13.7. The monoisotopic (exact) mass is 428 g/mol. The first-order valence-electron chi connectivity index (χ1n) is 9.11. The topological polar surface area (TPSA) is 67.4 Å². The van der Waals surface area contributed by atoms with E-state index in [1.165, 1.54) is 24.3 Å². The summed E-state index contributed by atoms with van der Waals surface area (Å²) < 4.78 is 40.6. The van der Waals surface area contributed by atoms with Crippen molar-refractivity contribution in [2.45, 2.75) is 32.2 Å². The summed E-state index contributed by atoms with van der Waals surface area (Å²) >= 11 is 5.77. The van der Waals surface area contributed by atoms with Crippen molar-refractivity contribution in [2.24, 2.45) is 5.92 Å². The fraction of sp³-hybridized carbons (Fsp3) is 0.421. The number of piperidine rings is 1. The molecule has 1 aromatic carbocycles. The summed E-state index contributed by atoms with van der Waals surface area (Å²) in [6.07, 6.45) is -3.16. The molecule has 3 rings (SSSR count). The van der Waals surface area contributed by atoms with Gasteiger partial charge in [-0.25, -0.2) is 0 Å². The average Bonchev–Trinajstić information content (AvgIpc) is 2.68. The summed E-state index contributed by atoms with van der Waals surface area (Å²) in [5, 5.41) is 11.1. The van der Waals surface area contributed by atoms with E-state index in [0.29, 0.717) is 23.1 Å². The number of hydrogen-bond acceptors (Lipinski definition) is 5. The molecule has 1 saturated heterocycles. The highest BCUT2D eigenvalue weighted by Gasteiger charge is 2.31. The van der Waals surface area contributed by atoms with Crippen LogP contribution in [0.15, 0.2) is 36.4 Å². The summed E-state index contributed by atoms with van der Waals surface area (Å²) in [5.41, 5.74) is 0.684. The summed E-state index contributed by atoms with van der Waals surface area (Å²) in [6.45, 7) is 3.06. The molecule has 156 valence electrons. The minimum atomic E-state index is -4.73. The molecular weight excluding hydrogens is 409 g/mol. The van der Waals surface area contributed by atoms with Crippen LogP contribution in [0.3, 0.4) is 0 Å². The molecule has 0 unspecified atom stereocenters. The number of amides is 1. The van der Waals surface area contributed by atoms with Crippen molar-refractivity contribution in [3.05, 3.63) is 47.1 Å². The molecular formula is C19H20ClF3N4O2. The first kappa shape index (κ1) is 21.2. The van der Waals surface area contributed by atoms with Gasteiger partial charge in [-0.15, -0.1) is 23.4 Å². The van der Waals surface area contributed by atoms with Gasteiger partial charge in [0.15, 0.2) is 11.0 Å². The first-order valence-corrected chi connectivity index (χ1v) is 9.49. The number of aromatic nitrogens is 2. The van der Waals surface area contributed by atoms with Crippen LogP contribution < -0.4 is 15.0 Å². The molecule has 0 saturated carbocycles. The zero-order valence-electron chi connectivity index (χ0n) is 15.6. The second-order valence-corrected chi connectivity index (χ2v) is 7.23. The molecule has 1 aliphatic rings. The van der Waals surface area contributed by atoms with Crippen LogP contribution in [0.2, 0.25) is 5.15 Å². The summed E-state index contributed by atoms with van der Waals surface area (Å²) in [7, 11) is 0. The Hall–Kier alpha value is -2.55. The standard InChI is InChI=1S/C19H20ClF3N4O2/c1-12(13-4-6-15(7-5-13)29-19(21,22)23)24-18(28)14-3-2-10-27(11-14)17-9-8-16(20)25-26-17/h4-9,12,14H,2-3,10-11H2,1H3,(H,24,28)/t12-,14-/m0/s1. The number of hydrogen-bond donors (Lipinski definition) is 1. The Kier molecular flexibility index (Phi) is 6.46. The Labute approximate surface area is 171 Å². The van der Waals surface area contributed by atoms with Crippen molar-refractivity contribution < 1.29 is 22.7 Å². The maximum Gasteiger partial charge on any atom is 0.573 e. The summed E-state index contributed by atoms with van der Waals surface area (Å²) in [4.78, 5) is 14.7. The van der Waals surface area contributed by atoms with Gasteiger partial charge in [-0.3, -0.25) is 4.79 Å². The van der Waals surface area contributed by atoms with E-state index in [2.05, 4.69) is 20.3 Å². The van der Waals surface area contributed by atoms with Crippen LogP contribution in [0.25, 0.3) is 0 Å². The molecule has 0 spiro atoms. The van der Waals surface area contributed by atoms with Crippen LogP contribution in [0.1, 0.15) is 31.4 Å². The number of anilines is 1. The molecule has 1 aliphatic heterocycles. The van der Waals surface area contributed by atoms with Gasteiger partial charge >= 0.3 is 6.36 Å². The molecule has 1 aromatic heterocycles. The molecule has 2 atom stereocenters. The molecule has 0 radical (unpaired) electrons. The van der Waals surface area contributed by atoms with Gasteiger partial charge in [0, 0.05) is 13.1 Å². The van der Waals surface area contributed by atoms with E-state index in [1.54, 1.807) is 19.1 Å². The van der Waals surface area contributed by atoms with Gasteiger partial charge in [0.1, 0.15) is 5.75 Å². The number of nitrogens with zero attached hydrogens (tertiary/aromatic N) is 3. The third-order valence-electron chi connectivity index (χ3n) is 4.71. The number of nitrogens with one attached hydrogen (secondary N) is 1. The SMILES string of the molecule is C[C@H](NC(=O)[C@H]1CCCN(c2ccc(Cl)nn2)C1)c1ccc(OC(F)(F)F)cc1. The van der Waals surface area contributed by atoms with Gasteiger partial charge in [-0.2, -0.15) is 0 Å². The molecule has 2 heterocycles. The van der Waals surface area contributed by atoms with Crippen LogP contribution in [0.5, 0.6) is 5.75 Å².